The van der Waals surface area contributed by atoms with E-state index in [0.29, 0.717) is 18.1 Å². The number of halogens is 1. The summed E-state index contributed by atoms with van der Waals surface area (Å²) in [6, 6.07) is 7.68. The van der Waals surface area contributed by atoms with Gasteiger partial charge in [0.1, 0.15) is 11.5 Å². The first kappa shape index (κ1) is 15.8. The van der Waals surface area contributed by atoms with Gasteiger partial charge in [-0.25, -0.2) is 0 Å². The van der Waals surface area contributed by atoms with E-state index in [0.717, 1.165) is 34.1 Å². The van der Waals surface area contributed by atoms with Gasteiger partial charge in [-0.15, -0.1) is 11.6 Å². The smallest absolute Gasteiger partial charge is 0.308 e. The van der Waals surface area contributed by atoms with E-state index in [9.17, 15) is 9.59 Å². The van der Waals surface area contributed by atoms with E-state index in [4.69, 9.17) is 16.3 Å². The van der Waals surface area contributed by atoms with E-state index in [2.05, 4.69) is 5.32 Å². The average molecular weight is 332 g/mol. The summed E-state index contributed by atoms with van der Waals surface area (Å²) in [4.78, 5) is 22.8. The van der Waals surface area contributed by atoms with E-state index in [1.165, 1.54) is 6.92 Å². The maximum absolute atomic E-state index is 11.4. The van der Waals surface area contributed by atoms with Crippen molar-refractivity contribution < 1.29 is 14.3 Å². The molecule has 0 saturated carbocycles. The number of Topliss-reactive ketones (excluding diaryl/α,β-unsaturated/α-hetero) is 1. The molecule has 0 radical (unpaired) electrons. The number of ketones is 1. The molecule has 0 unspecified atom stereocenters. The Hall–Kier alpha value is -2.07. The molecule has 23 heavy (non-hydrogen) atoms. The van der Waals surface area contributed by atoms with E-state index < -0.39 is 0 Å². The van der Waals surface area contributed by atoms with Crippen LogP contribution >= 0.6 is 11.6 Å². The minimum absolute atomic E-state index is 0.115. The second-order valence-corrected chi connectivity index (χ2v) is 6.23. The Balaban J connectivity index is 2.23. The maximum atomic E-state index is 11.4. The van der Waals surface area contributed by atoms with Crippen LogP contribution in [0.15, 0.2) is 24.3 Å². The molecule has 0 saturated heterocycles. The summed E-state index contributed by atoms with van der Waals surface area (Å²) in [5.74, 6) is 1.01. The Morgan fingerprint density at radius 2 is 2.04 bits per heavy atom. The number of hydrogen-bond donors (Lipinski definition) is 1. The van der Waals surface area contributed by atoms with Crippen LogP contribution in [0.3, 0.4) is 0 Å². The molecular weight excluding hydrogens is 314 g/mol. The van der Waals surface area contributed by atoms with E-state index in [-0.39, 0.29) is 17.7 Å². The number of fused-ring (bicyclic) bond motifs is 3. The van der Waals surface area contributed by atoms with Gasteiger partial charge < -0.3 is 10.1 Å². The van der Waals surface area contributed by atoms with Crippen LogP contribution in [0, 0.1) is 0 Å². The highest BCUT2D eigenvalue weighted by Crippen LogP contribution is 2.43. The van der Waals surface area contributed by atoms with Gasteiger partial charge in [0.05, 0.1) is 0 Å². The second-order valence-electron chi connectivity index (χ2n) is 5.92. The molecule has 2 aromatic carbocycles. The van der Waals surface area contributed by atoms with Gasteiger partial charge >= 0.3 is 5.97 Å². The number of ether oxygens (including phenoxy) is 1. The highest BCUT2D eigenvalue weighted by Gasteiger charge is 2.26. The summed E-state index contributed by atoms with van der Waals surface area (Å²) in [5.41, 5.74) is 3.03. The average Bonchev–Trinajstić information content (AvgIpc) is 2.89. The lowest BCUT2D eigenvalue weighted by Gasteiger charge is -2.14. The maximum Gasteiger partial charge on any atom is 0.308 e. The molecule has 3 rings (SSSR count). The highest BCUT2D eigenvalue weighted by molar-refractivity contribution is 6.18. The van der Waals surface area contributed by atoms with E-state index in [1.807, 2.05) is 24.3 Å². The molecule has 0 aromatic heterocycles. The van der Waals surface area contributed by atoms with Crippen LogP contribution in [0.4, 0.5) is 5.69 Å². The molecule has 0 fully saturated rings. The summed E-state index contributed by atoms with van der Waals surface area (Å²) in [7, 11) is 0. The van der Waals surface area contributed by atoms with Crippen LogP contribution < -0.4 is 10.1 Å². The summed E-state index contributed by atoms with van der Waals surface area (Å²) >= 11 is 6.10. The first-order chi connectivity index (χ1) is 11.0. The lowest BCUT2D eigenvalue weighted by molar-refractivity contribution is -0.131. The fourth-order valence-electron chi connectivity index (χ4n) is 3.15. The first-order valence-electron chi connectivity index (χ1n) is 7.56. The van der Waals surface area contributed by atoms with Gasteiger partial charge in [0, 0.05) is 48.8 Å². The minimum atomic E-state index is -0.356. The van der Waals surface area contributed by atoms with E-state index in [1.54, 1.807) is 6.92 Å². The Bertz CT molecular complexity index is 800. The Labute approximate surface area is 139 Å². The number of anilines is 1. The fraction of sp³-hybridized carbons (Fsp3) is 0.333. The molecule has 2 aromatic rings. The zero-order chi connectivity index (χ0) is 16.6. The number of esters is 1. The number of carbonyl (C=O) groups is 2. The molecule has 120 valence electrons. The third kappa shape index (κ3) is 3.04. The molecule has 0 bridgehead atoms. The van der Waals surface area contributed by atoms with Crippen molar-refractivity contribution in [2.45, 2.75) is 26.2 Å². The number of carbonyl (C=O) groups excluding carboxylic acids is 2. The van der Waals surface area contributed by atoms with Gasteiger partial charge in [-0.05, 0) is 23.4 Å². The highest BCUT2D eigenvalue weighted by atomic mass is 35.5. The topological polar surface area (TPSA) is 55.4 Å². The standard InChI is InChI=1S/C18H18ClNO3/c1-10(21)5-12-3-4-14-15(6-12)18-13(8-19)9-20-16(18)7-17(14)23-11(2)22/h3-4,6-7,13,20H,5,8-9H2,1-2H3/t13-/m1/s1. The van der Waals surface area contributed by atoms with Crippen LogP contribution in [-0.4, -0.2) is 24.2 Å². The lowest BCUT2D eigenvalue weighted by atomic mass is 9.93. The molecule has 5 heteroatoms. The zero-order valence-corrected chi connectivity index (χ0v) is 13.9. The molecule has 1 aliphatic heterocycles. The number of rotatable bonds is 4. The van der Waals surface area contributed by atoms with Gasteiger partial charge in [-0.2, -0.15) is 0 Å². The van der Waals surface area contributed by atoms with E-state index >= 15 is 0 Å². The van der Waals surface area contributed by atoms with Crippen LogP contribution in [-0.2, 0) is 16.0 Å². The minimum Gasteiger partial charge on any atom is -0.426 e. The monoisotopic (exact) mass is 331 g/mol. The van der Waals surface area contributed by atoms with Gasteiger partial charge in [-0.1, -0.05) is 18.2 Å². The summed E-state index contributed by atoms with van der Waals surface area (Å²) in [6.45, 7) is 3.72. The molecule has 0 spiro atoms. The van der Waals surface area contributed by atoms with Crippen molar-refractivity contribution in [1.82, 2.24) is 0 Å². The summed E-state index contributed by atoms with van der Waals surface area (Å²) in [5, 5.41) is 5.18. The van der Waals surface area contributed by atoms with Crippen molar-refractivity contribution >= 4 is 39.8 Å². The molecule has 0 amide bonds. The van der Waals surface area contributed by atoms with Crippen LogP contribution in [0.2, 0.25) is 0 Å². The Morgan fingerprint density at radius 3 is 2.70 bits per heavy atom. The first-order valence-corrected chi connectivity index (χ1v) is 8.10. The largest absolute Gasteiger partial charge is 0.426 e. The predicted molar refractivity (Wildman–Crippen MR) is 91.6 cm³/mol. The number of nitrogens with one attached hydrogen (secondary N) is 1. The molecule has 1 N–H and O–H groups in total. The van der Waals surface area contributed by atoms with Crippen molar-refractivity contribution in [1.29, 1.82) is 0 Å². The van der Waals surface area contributed by atoms with Crippen LogP contribution in [0.1, 0.15) is 30.9 Å². The normalized spacial score (nSPS) is 16.0. The quantitative estimate of drug-likeness (QED) is 0.528. The van der Waals surface area contributed by atoms with Crippen LogP contribution in [0.5, 0.6) is 5.75 Å². The van der Waals surface area contributed by atoms with Crippen molar-refractivity contribution in [3.8, 4) is 5.75 Å². The van der Waals surface area contributed by atoms with Crippen molar-refractivity contribution in [2.75, 3.05) is 17.7 Å². The molecule has 1 atom stereocenters. The third-order valence-electron chi connectivity index (χ3n) is 4.05. The zero-order valence-electron chi connectivity index (χ0n) is 13.1. The molecule has 1 heterocycles. The van der Waals surface area contributed by atoms with Crippen molar-refractivity contribution in [3.05, 3.63) is 35.4 Å². The Morgan fingerprint density at radius 1 is 1.26 bits per heavy atom. The van der Waals surface area contributed by atoms with Gasteiger partial charge in [-0.3, -0.25) is 9.59 Å². The van der Waals surface area contributed by atoms with Gasteiger partial charge in [0.15, 0.2) is 0 Å². The molecule has 0 aliphatic carbocycles. The summed E-state index contributed by atoms with van der Waals surface area (Å²) in [6.07, 6.45) is 0.390. The summed E-state index contributed by atoms with van der Waals surface area (Å²) < 4.78 is 5.36. The predicted octanol–water partition coefficient (Wildman–Crippen LogP) is 3.64. The number of alkyl halides is 1. The number of benzene rings is 2. The van der Waals surface area contributed by atoms with Gasteiger partial charge in [0.25, 0.3) is 0 Å². The molecular formula is C18H18ClNO3. The molecule has 1 aliphatic rings. The van der Waals surface area contributed by atoms with Gasteiger partial charge in [0.2, 0.25) is 0 Å². The second kappa shape index (κ2) is 6.20. The lowest BCUT2D eigenvalue weighted by Crippen LogP contribution is -2.04. The van der Waals surface area contributed by atoms with Crippen molar-refractivity contribution in [3.63, 3.8) is 0 Å². The Kier molecular flexibility index (Phi) is 4.26. The van der Waals surface area contributed by atoms with Crippen molar-refractivity contribution in [2.24, 2.45) is 0 Å². The number of hydrogen-bond acceptors (Lipinski definition) is 4. The van der Waals surface area contributed by atoms with Crippen LogP contribution in [0.25, 0.3) is 10.8 Å². The SMILES string of the molecule is CC(=O)Cc1ccc2c(OC(C)=O)cc3c(c2c1)[C@H](CCl)CN3. The fourth-order valence-corrected chi connectivity index (χ4v) is 3.41. The molecule has 4 nitrogen and oxygen atoms in total. The third-order valence-corrected chi connectivity index (χ3v) is 4.42.